The molecule has 0 unspecified atom stereocenters. The largest absolute Gasteiger partial charge is 0.417 e. The number of hydrogen-bond acceptors (Lipinski definition) is 2. The Bertz CT molecular complexity index is 401. The van der Waals surface area contributed by atoms with Gasteiger partial charge in [0.15, 0.2) is 0 Å². The zero-order valence-electron chi connectivity index (χ0n) is 8.82. The van der Waals surface area contributed by atoms with E-state index in [-0.39, 0.29) is 0 Å². The van der Waals surface area contributed by atoms with Crippen molar-refractivity contribution in [1.82, 2.24) is 5.32 Å². The maximum Gasteiger partial charge on any atom is 0.417 e. The fourth-order valence-corrected chi connectivity index (χ4v) is 2.69. The van der Waals surface area contributed by atoms with Crippen LogP contribution >= 0.6 is 11.8 Å². The lowest BCUT2D eigenvalue weighted by Gasteiger charge is -2.13. The molecular weight excluding hydrogens is 235 g/mol. The average molecular weight is 247 g/mol. The number of halogens is 3. The van der Waals surface area contributed by atoms with Crippen molar-refractivity contribution >= 4 is 11.8 Å². The minimum absolute atomic E-state index is 0.345. The molecule has 0 saturated carbocycles. The van der Waals surface area contributed by atoms with Crippen molar-refractivity contribution in [2.45, 2.75) is 31.1 Å². The van der Waals surface area contributed by atoms with E-state index in [9.17, 15) is 13.2 Å². The standard InChI is InChI=1S/C11H12F3NS/c1-2-16-10-4-8-6-15-5-7(8)3-9(10)11(12,13)14/h3-4,15H,2,5-6H2,1H3. The van der Waals surface area contributed by atoms with Gasteiger partial charge >= 0.3 is 6.18 Å². The molecule has 0 amide bonds. The second-order valence-electron chi connectivity index (χ2n) is 3.65. The third-order valence-electron chi connectivity index (χ3n) is 2.54. The van der Waals surface area contributed by atoms with Crippen molar-refractivity contribution in [1.29, 1.82) is 0 Å². The zero-order chi connectivity index (χ0) is 11.8. The van der Waals surface area contributed by atoms with Gasteiger partial charge in [0.25, 0.3) is 0 Å². The first kappa shape index (κ1) is 11.8. The maximum atomic E-state index is 12.8. The Hall–Kier alpha value is -0.680. The van der Waals surface area contributed by atoms with Gasteiger partial charge in [0, 0.05) is 18.0 Å². The Balaban J connectivity index is 2.49. The lowest BCUT2D eigenvalue weighted by Crippen LogP contribution is -2.08. The number of rotatable bonds is 2. The monoisotopic (exact) mass is 247 g/mol. The van der Waals surface area contributed by atoms with Gasteiger partial charge in [-0.15, -0.1) is 11.8 Å². The molecule has 2 rings (SSSR count). The van der Waals surface area contributed by atoms with E-state index in [1.807, 2.05) is 6.92 Å². The van der Waals surface area contributed by atoms with Crippen LogP contribution in [0.1, 0.15) is 23.6 Å². The van der Waals surface area contributed by atoms with Gasteiger partial charge in [0.05, 0.1) is 5.56 Å². The molecule has 1 nitrogen and oxygen atoms in total. The molecule has 1 aromatic carbocycles. The Labute approximate surface area is 96.4 Å². The third kappa shape index (κ3) is 2.20. The van der Waals surface area contributed by atoms with Crippen molar-refractivity contribution in [2.24, 2.45) is 0 Å². The molecule has 0 bridgehead atoms. The van der Waals surface area contributed by atoms with Crippen LogP contribution in [-0.4, -0.2) is 5.75 Å². The van der Waals surface area contributed by atoms with E-state index in [4.69, 9.17) is 0 Å². The zero-order valence-corrected chi connectivity index (χ0v) is 9.63. The summed E-state index contributed by atoms with van der Waals surface area (Å²) in [5.41, 5.74) is 1.26. The highest BCUT2D eigenvalue weighted by molar-refractivity contribution is 7.99. The summed E-state index contributed by atoms with van der Waals surface area (Å²) >= 11 is 1.25. The smallest absolute Gasteiger partial charge is 0.309 e. The van der Waals surface area contributed by atoms with Crippen molar-refractivity contribution < 1.29 is 13.2 Å². The maximum absolute atomic E-state index is 12.8. The van der Waals surface area contributed by atoms with Gasteiger partial charge in [-0.25, -0.2) is 0 Å². The number of hydrogen-bond donors (Lipinski definition) is 1. The van der Waals surface area contributed by atoms with E-state index < -0.39 is 11.7 Å². The highest BCUT2D eigenvalue weighted by Crippen LogP contribution is 2.39. The van der Waals surface area contributed by atoms with E-state index in [1.54, 1.807) is 6.07 Å². The second-order valence-corrected chi connectivity index (χ2v) is 4.96. The van der Waals surface area contributed by atoms with E-state index in [0.717, 1.165) is 11.1 Å². The first-order valence-electron chi connectivity index (χ1n) is 5.09. The van der Waals surface area contributed by atoms with Gasteiger partial charge < -0.3 is 5.32 Å². The quantitative estimate of drug-likeness (QED) is 0.804. The van der Waals surface area contributed by atoms with Gasteiger partial charge in [0.1, 0.15) is 0 Å². The molecule has 1 aliphatic rings. The molecular formula is C11H12F3NS. The summed E-state index contributed by atoms with van der Waals surface area (Å²) in [6, 6.07) is 2.96. The third-order valence-corrected chi connectivity index (χ3v) is 3.48. The van der Waals surface area contributed by atoms with E-state index in [0.29, 0.717) is 23.7 Å². The Kier molecular flexibility index (Phi) is 3.17. The Morgan fingerprint density at radius 3 is 2.44 bits per heavy atom. The van der Waals surface area contributed by atoms with Gasteiger partial charge in [-0.3, -0.25) is 0 Å². The topological polar surface area (TPSA) is 12.0 Å². The fraction of sp³-hybridized carbons (Fsp3) is 0.455. The molecule has 1 aromatic rings. The van der Waals surface area contributed by atoms with Gasteiger partial charge in [-0.05, 0) is 29.0 Å². The normalized spacial score (nSPS) is 15.2. The van der Waals surface area contributed by atoms with Crippen molar-refractivity contribution in [3.8, 4) is 0 Å². The fourth-order valence-electron chi connectivity index (χ4n) is 1.82. The van der Waals surface area contributed by atoms with Crippen LogP contribution in [0.25, 0.3) is 0 Å². The minimum atomic E-state index is -4.25. The molecule has 0 fully saturated rings. The SMILES string of the molecule is CCSc1cc2c(cc1C(F)(F)F)CNC2. The molecule has 0 saturated heterocycles. The Morgan fingerprint density at radius 2 is 1.88 bits per heavy atom. The van der Waals surface area contributed by atoms with E-state index in [1.165, 1.54) is 17.8 Å². The van der Waals surface area contributed by atoms with Crippen molar-refractivity contribution in [3.63, 3.8) is 0 Å². The van der Waals surface area contributed by atoms with Crippen LogP contribution in [0.4, 0.5) is 13.2 Å². The van der Waals surface area contributed by atoms with E-state index in [2.05, 4.69) is 5.32 Å². The first-order chi connectivity index (χ1) is 7.52. The molecule has 0 aliphatic carbocycles. The molecule has 1 heterocycles. The minimum Gasteiger partial charge on any atom is -0.309 e. The Morgan fingerprint density at radius 1 is 1.25 bits per heavy atom. The lowest BCUT2D eigenvalue weighted by atomic mass is 10.1. The number of benzene rings is 1. The molecule has 88 valence electrons. The molecule has 1 N–H and O–H groups in total. The summed E-state index contributed by atoms with van der Waals surface area (Å²) in [4.78, 5) is 0.345. The molecule has 0 spiro atoms. The second kappa shape index (κ2) is 4.30. The highest BCUT2D eigenvalue weighted by atomic mass is 32.2. The van der Waals surface area contributed by atoms with Crippen molar-refractivity contribution in [2.75, 3.05) is 5.75 Å². The number of fused-ring (bicyclic) bond motifs is 1. The molecule has 0 radical (unpaired) electrons. The highest BCUT2D eigenvalue weighted by Gasteiger charge is 2.34. The average Bonchev–Trinajstić information content (AvgIpc) is 2.62. The molecule has 5 heteroatoms. The van der Waals surface area contributed by atoms with Crippen molar-refractivity contribution in [3.05, 3.63) is 28.8 Å². The number of thioether (sulfide) groups is 1. The summed E-state index contributed by atoms with van der Waals surface area (Å²) in [5, 5.41) is 3.06. The molecule has 0 atom stereocenters. The molecule has 1 aliphatic heterocycles. The van der Waals surface area contributed by atoms with Gasteiger partial charge in [-0.2, -0.15) is 13.2 Å². The summed E-state index contributed by atoms with van der Waals surface area (Å²) in [7, 11) is 0. The summed E-state index contributed by atoms with van der Waals surface area (Å²) in [6.45, 7) is 3.07. The predicted octanol–water partition coefficient (Wildman–Crippen LogP) is 3.42. The van der Waals surface area contributed by atoms with E-state index >= 15 is 0 Å². The summed E-state index contributed by atoms with van der Waals surface area (Å²) < 4.78 is 38.4. The van der Waals surface area contributed by atoms with Gasteiger partial charge in [0.2, 0.25) is 0 Å². The van der Waals surface area contributed by atoms with Gasteiger partial charge in [-0.1, -0.05) is 6.92 Å². The lowest BCUT2D eigenvalue weighted by molar-refractivity contribution is -0.139. The van der Waals surface area contributed by atoms with Crippen LogP contribution in [0.2, 0.25) is 0 Å². The van der Waals surface area contributed by atoms with Crippen LogP contribution in [0.15, 0.2) is 17.0 Å². The number of alkyl halides is 3. The van der Waals surface area contributed by atoms with Crippen LogP contribution in [0, 0.1) is 0 Å². The summed E-state index contributed by atoms with van der Waals surface area (Å²) in [6.07, 6.45) is -4.25. The first-order valence-corrected chi connectivity index (χ1v) is 6.07. The number of nitrogens with one attached hydrogen (secondary N) is 1. The van der Waals surface area contributed by atoms with Crippen LogP contribution < -0.4 is 5.32 Å². The molecule has 16 heavy (non-hydrogen) atoms. The van der Waals surface area contributed by atoms with Crippen LogP contribution in [0.5, 0.6) is 0 Å². The van der Waals surface area contributed by atoms with Crippen LogP contribution in [0.3, 0.4) is 0 Å². The van der Waals surface area contributed by atoms with Crippen LogP contribution in [-0.2, 0) is 19.3 Å². The summed E-state index contributed by atoms with van der Waals surface area (Å²) in [5.74, 6) is 0.648. The predicted molar refractivity (Wildman–Crippen MR) is 58.4 cm³/mol. The molecule has 0 aromatic heterocycles.